The molecule has 0 atom stereocenters. The van der Waals surface area contributed by atoms with Gasteiger partial charge < -0.3 is 10.2 Å². The predicted molar refractivity (Wildman–Crippen MR) is 132 cm³/mol. The molecule has 4 aliphatic carbocycles. The second-order valence-corrected chi connectivity index (χ2v) is 8.72. The quantitative estimate of drug-likeness (QED) is 0.298. The minimum Gasteiger partial charge on any atom is -0.478 e. The van der Waals surface area contributed by atoms with Crippen LogP contribution in [0.5, 0.6) is 0 Å². The van der Waals surface area contributed by atoms with Gasteiger partial charge in [-0.05, 0) is 88.2 Å². The lowest BCUT2D eigenvalue weighted by molar-refractivity contribution is 0.0686. The fourth-order valence-corrected chi connectivity index (χ4v) is 5.70. The maximum atomic E-state index is 11.9. The Kier molecular flexibility index (Phi) is 3.56. The molecule has 0 aromatic heterocycles. The van der Waals surface area contributed by atoms with Crippen molar-refractivity contribution in [1.82, 2.24) is 0 Å². The van der Waals surface area contributed by atoms with Crippen LogP contribution in [0.15, 0.2) is 84.9 Å². The molecule has 0 saturated carbocycles. The molecule has 4 aliphatic rings. The van der Waals surface area contributed by atoms with Gasteiger partial charge >= 0.3 is 11.9 Å². The molecule has 0 spiro atoms. The summed E-state index contributed by atoms with van der Waals surface area (Å²) >= 11 is 0. The standard InChI is InChI=1S/C30H16O4/c31-29(32)15-10-12-22-23(13-15)27-21-11-9-16(30(33)34)14-24(21)28(22)26-18-6-2-1-5-17(18)25(27)19-7-3-4-8-20(19)26/h1-14H,(H,31,32)(H,33,34). The third-order valence-corrected chi connectivity index (χ3v) is 7.04. The van der Waals surface area contributed by atoms with Crippen molar-refractivity contribution in [3.05, 3.63) is 117 Å². The number of aromatic carboxylic acids is 2. The molecule has 0 heterocycles. The van der Waals surface area contributed by atoms with Gasteiger partial charge in [-0.2, -0.15) is 0 Å². The lowest BCUT2D eigenvalue weighted by Crippen LogP contribution is -2.00. The number of hydrogen-bond acceptors (Lipinski definition) is 2. The monoisotopic (exact) mass is 440 g/mol. The van der Waals surface area contributed by atoms with Gasteiger partial charge in [0, 0.05) is 0 Å². The van der Waals surface area contributed by atoms with Gasteiger partial charge in [0.25, 0.3) is 0 Å². The number of carboxylic acids is 2. The summed E-state index contributed by atoms with van der Waals surface area (Å²) in [4.78, 5) is 23.8. The molecule has 34 heavy (non-hydrogen) atoms. The summed E-state index contributed by atoms with van der Waals surface area (Å²) in [5.41, 5.74) is 0.453. The van der Waals surface area contributed by atoms with Crippen LogP contribution in [0.1, 0.15) is 20.7 Å². The van der Waals surface area contributed by atoms with Crippen molar-refractivity contribution in [1.29, 1.82) is 0 Å². The van der Waals surface area contributed by atoms with E-state index >= 15 is 0 Å². The number of carboxylic acid groups (broad SMARTS) is 2. The normalized spacial score (nSPS) is 12.0. The Morgan fingerprint density at radius 3 is 1.03 bits per heavy atom. The minimum absolute atomic E-state index is 0.227. The summed E-state index contributed by atoms with van der Waals surface area (Å²) in [6.45, 7) is 0. The molecule has 0 aliphatic heterocycles. The molecule has 0 saturated heterocycles. The van der Waals surface area contributed by atoms with E-state index in [9.17, 15) is 19.8 Å². The van der Waals surface area contributed by atoms with E-state index in [4.69, 9.17) is 0 Å². The number of carbonyl (C=O) groups is 2. The summed E-state index contributed by atoms with van der Waals surface area (Å²) in [6.07, 6.45) is 0. The van der Waals surface area contributed by atoms with Crippen LogP contribution >= 0.6 is 0 Å². The molecule has 4 nitrogen and oxygen atoms in total. The molecule has 160 valence electrons. The van der Waals surface area contributed by atoms with E-state index in [1.165, 1.54) is 0 Å². The first-order valence-electron chi connectivity index (χ1n) is 11.0. The van der Waals surface area contributed by atoms with Gasteiger partial charge in [0.15, 0.2) is 0 Å². The Morgan fingerprint density at radius 1 is 0.412 bits per heavy atom. The highest BCUT2D eigenvalue weighted by Gasteiger charge is 2.18. The van der Waals surface area contributed by atoms with Crippen molar-refractivity contribution in [2.75, 3.05) is 0 Å². The van der Waals surface area contributed by atoms with E-state index in [0.29, 0.717) is 0 Å². The van der Waals surface area contributed by atoms with Crippen molar-refractivity contribution < 1.29 is 19.8 Å². The van der Waals surface area contributed by atoms with E-state index in [1.54, 1.807) is 24.3 Å². The van der Waals surface area contributed by atoms with Crippen LogP contribution in [-0.2, 0) is 0 Å². The first-order chi connectivity index (χ1) is 16.5. The number of rotatable bonds is 2. The van der Waals surface area contributed by atoms with Gasteiger partial charge in [-0.25, -0.2) is 9.59 Å². The van der Waals surface area contributed by atoms with Crippen LogP contribution in [0.3, 0.4) is 0 Å². The van der Waals surface area contributed by atoms with Crippen LogP contribution in [0, 0.1) is 20.9 Å². The maximum Gasteiger partial charge on any atom is 0.335 e. The first kappa shape index (κ1) is 18.8. The Bertz CT molecular complexity index is 1910. The SMILES string of the molecule is O=C(O)c1ccc2c3c4cc(C(=O)O)ccc4c(c2c1)=c1c2ccccc2c=3c2ccccc12. The molecule has 4 bridgehead atoms. The second-order valence-electron chi connectivity index (χ2n) is 8.72. The molecule has 2 N–H and O–H groups in total. The third kappa shape index (κ3) is 2.27. The van der Waals surface area contributed by atoms with Gasteiger partial charge in [-0.1, -0.05) is 60.7 Å². The zero-order valence-electron chi connectivity index (χ0n) is 17.8. The molecular formula is C30H16O4. The topological polar surface area (TPSA) is 74.6 Å². The molecule has 10 rings (SSSR count). The fraction of sp³-hybridized carbons (Fsp3) is 0. The average Bonchev–Trinajstić information content (AvgIpc) is 2.84. The van der Waals surface area contributed by atoms with E-state index in [-0.39, 0.29) is 11.1 Å². The lowest BCUT2D eigenvalue weighted by atomic mass is 9.86. The van der Waals surface area contributed by atoms with E-state index in [2.05, 4.69) is 24.3 Å². The van der Waals surface area contributed by atoms with E-state index < -0.39 is 11.9 Å². The predicted octanol–water partition coefficient (Wildman–Crippen LogP) is 6.58. The summed E-state index contributed by atoms with van der Waals surface area (Å²) in [5, 5.41) is 31.4. The van der Waals surface area contributed by atoms with Crippen molar-refractivity contribution in [3.63, 3.8) is 0 Å². The molecular weight excluding hydrogens is 424 g/mol. The van der Waals surface area contributed by atoms with Crippen LogP contribution < -0.4 is 0 Å². The largest absolute Gasteiger partial charge is 0.478 e. The Hall–Kier alpha value is -4.70. The van der Waals surface area contributed by atoms with Gasteiger partial charge in [0.1, 0.15) is 0 Å². The Morgan fingerprint density at radius 2 is 0.706 bits per heavy atom. The Balaban J connectivity index is 2.04. The highest BCUT2D eigenvalue weighted by atomic mass is 16.4. The second kappa shape index (κ2) is 6.42. The van der Waals surface area contributed by atoms with Gasteiger partial charge in [-0.3, -0.25) is 0 Å². The zero-order valence-corrected chi connectivity index (χ0v) is 17.8. The fourth-order valence-electron chi connectivity index (χ4n) is 5.70. The molecule has 0 radical (unpaired) electrons. The summed E-state index contributed by atoms with van der Waals surface area (Å²) in [7, 11) is 0. The minimum atomic E-state index is -0.976. The maximum absolute atomic E-state index is 11.9. The van der Waals surface area contributed by atoms with E-state index in [0.717, 1.165) is 64.0 Å². The zero-order chi connectivity index (χ0) is 23.1. The van der Waals surface area contributed by atoms with Crippen molar-refractivity contribution >= 4 is 55.0 Å². The molecule has 0 amide bonds. The van der Waals surface area contributed by atoms with Crippen LogP contribution in [0.25, 0.3) is 43.1 Å². The highest BCUT2D eigenvalue weighted by molar-refractivity contribution is 6.11. The van der Waals surface area contributed by atoms with Crippen LogP contribution in [0.4, 0.5) is 0 Å². The molecule has 0 unspecified atom stereocenters. The van der Waals surface area contributed by atoms with Gasteiger partial charge in [0.2, 0.25) is 0 Å². The van der Waals surface area contributed by atoms with Crippen molar-refractivity contribution in [2.24, 2.45) is 0 Å². The van der Waals surface area contributed by atoms with Crippen molar-refractivity contribution in [3.8, 4) is 0 Å². The number of benzene rings is 6. The highest BCUT2D eigenvalue weighted by Crippen LogP contribution is 2.38. The lowest BCUT2D eigenvalue weighted by Gasteiger charge is -2.17. The van der Waals surface area contributed by atoms with E-state index in [1.807, 2.05) is 36.4 Å². The van der Waals surface area contributed by atoms with Crippen LogP contribution in [0.2, 0.25) is 0 Å². The average molecular weight is 440 g/mol. The number of hydrogen-bond donors (Lipinski definition) is 2. The summed E-state index contributed by atoms with van der Waals surface area (Å²) in [5.74, 6) is -1.95. The smallest absolute Gasteiger partial charge is 0.335 e. The Labute approximate surface area is 191 Å². The molecule has 6 aromatic rings. The van der Waals surface area contributed by atoms with Gasteiger partial charge in [0.05, 0.1) is 11.1 Å². The van der Waals surface area contributed by atoms with Crippen LogP contribution in [-0.4, -0.2) is 22.2 Å². The molecule has 0 fully saturated rings. The molecule has 4 heteroatoms. The molecule has 6 aromatic carbocycles. The summed E-state index contributed by atoms with van der Waals surface area (Å²) < 4.78 is 0. The third-order valence-electron chi connectivity index (χ3n) is 7.04. The first-order valence-corrected chi connectivity index (χ1v) is 11.0. The summed E-state index contributed by atoms with van der Waals surface area (Å²) in [6, 6.07) is 27.0. The van der Waals surface area contributed by atoms with Crippen molar-refractivity contribution in [2.45, 2.75) is 0 Å². The van der Waals surface area contributed by atoms with Gasteiger partial charge in [-0.15, -0.1) is 0 Å².